The Morgan fingerprint density at radius 1 is 0.636 bits per heavy atom. The molecule has 0 aliphatic rings. The number of unbranched alkanes of at least 4 members (excludes halogenated alkanes) is 1. The van der Waals surface area contributed by atoms with Gasteiger partial charge in [-0.05, 0) is 84.0 Å². The molecule has 0 saturated carbocycles. The van der Waals surface area contributed by atoms with Crippen LogP contribution < -0.4 is 0 Å². The second kappa shape index (κ2) is 11.0. The molecule has 0 atom stereocenters. The van der Waals surface area contributed by atoms with E-state index in [0.29, 0.717) is 5.39 Å². The highest BCUT2D eigenvalue weighted by molar-refractivity contribution is 5.85. The SMILES string of the molecule is CCCCc1ccc2cc(C#Cc3ccc(CCc4ccc(CC)cc4)cc3)ccc2c1F. The Bertz CT molecular complexity index is 1270. The maximum absolute atomic E-state index is 14.8. The summed E-state index contributed by atoms with van der Waals surface area (Å²) < 4.78 is 14.8. The van der Waals surface area contributed by atoms with Gasteiger partial charge in [0.05, 0.1) is 0 Å². The molecular weight excluding hydrogens is 403 g/mol. The molecular formula is C32H31F. The Morgan fingerprint density at radius 2 is 1.24 bits per heavy atom. The van der Waals surface area contributed by atoms with Crippen molar-refractivity contribution in [2.75, 3.05) is 0 Å². The molecule has 0 N–H and O–H groups in total. The third kappa shape index (κ3) is 5.91. The minimum absolute atomic E-state index is 0.0858. The molecule has 0 radical (unpaired) electrons. The van der Waals surface area contributed by atoms with Crippen molar-refractivity contribution >= 4 is 10.8 Å². The first-order valence-electron chi connectivity index (χ1n) is 12.1. The van der Waals surface area contributed by atoms with Gasteiger partial charge in [0.25, 0.3) is 0 Å². The van der Waals surface area contributed by atoms with Crippen LogP contribution in [0.15, 0.2) is 78.9 Å². The van der Waals surface area contributed by atoms with Gasteiger partial charge in [-0.1, -0.05) is 86.7 Å². The minimum atomic E-state index is -0.0858. The number of aryl methyl sites for hydroxylation is 4. The summed E-state index contributed by atoms with van der Waals surface area (Å²) in [6.07, 6.45) is 6.02. The van der Waals surface area contributed by atoms with Gasteiger partial charge in [-0.2, -0.15) is 0 Å². The maximum atomic E-state index is 14.8. The topological polar surface area (TPSA) is 0 Å². The van der Waals surface area contributed by atoms with E-state index in [2.05, 4.69) is 74.2 Å². The summed E-state index contributed by atoms with van der Waals surface area (Å²) in [5.41, 5.74) is 6.78. The third-order valence-electron chi connectivity index (χ3n) is 6.27. The fourth-order valence-electron chi connectivity index (χ4n) is 4.10. The van der Waals surface area contributed by atoms with Crippen LogP contribution in [0.25, 0.3) is 10.8 Å². The highest BCUT2D eigenvalue weighted by Gasteiger charge is 2.07. The molecule has 4 aromatic rings. The lowest BCUT2D eigenvalue weighted by Crippen LogP contribution is -1.92. The predicted octanol–water partition coefficient (Wildman–Crippen LogP) is 8.07. The second-order valence-corrected chi connectivity index (χ2v) is 8.70. The zero-order valence-corrected chi connectivity index (χ0v) is 19.6. The van der Waals surface area contributed by atoms with E-state index in [-0.39, 0.29) is 5.82 Å². The Hall–Kier alpha value is -3.37. The second-order valence-electron chi connectivity index (χ2n) is 8.70. The fraction of sp³-hybridized carbons (Fsp3) is 0.250. The van der Waals surface area contributed by atoms with Crippen LogP contribution in [-0.2, 0) is 25.7 Å². The van der Waals surface area contributed by atoms with Crippen molar-refractivity contribution in [2.45, 2.75) is 52.4 Å². The van der Waals surface area contributed by atoms with Gasteiger partial charge in [0.2, 0.25) is 0 Å². The van der Waals surface area contributed by atoms with Gasteiger partial charge >= 0.3 is 0 Å². The minimum Gasteiger partial charge on any atom is -0.206 e. The molecule has 0 nitrogen and oxygen atoms in total. The molecule has 0 spiro atoms. The van der Waals surface area contributed by atoms with Crippen molar-refractivity contribution in [3.8, 4) is 11.8 Å². The predicted molar refractivity (Wildman–Crippen MR) is 138 cm³/mol. The van der Waals surface area contributed by atoms with E-state index >= 15 is 0 Å². The summed E-state index contributed by atoms with van der Waals surface area (Å²) in [5.74, 6) is 6.40. The first-order valence-corrected chi connectivity index (χ1v) is 12.1. The number of hydrogen-bond donors (Lipinski definition) is 0. The molecule has 0 bridgehead atoms. The summed E-state index contributed by atoms with van der Waals surface area (Å²) >= 11 is 0. The summed E-state index contributed by atoms with van der Waals surface area (Å²) in [6.45, 7) is 4.31. The van der Waals surface area contributed by atoms with Crippen LogP contribution in [0.1, 0.15) is 60.1 Å². The van der Waals surface area contributed by atoms with Crippen LogP contribution in [0.3, 0.4) is 0 Å². The van der Waals surface area contributed by atoms with Crippen molar-refractivity contribution in [3.05, 3.63) is 118 Å². The molecule has 0 heterocycles. The number of benzene rings is 4. The fourth-order valence-corrected chi connectivity index (χ4v) is 4.10. The van der Waals surface area contributed by atoms with Crippen molar-refractivity contribution in [1.29, 1.82) is 0 Å². The molecule has 0 aliphatic heterocycles. The molecule has 166 valence electrons. The van der Waals surface area contributed by atoms with Crippen molar-refractivity contribution in [2.24, 2.45) is 0 Å². The molecule has 1 heteroatoms. The Labute approximate surface area is 197 Å². The van der Waals surface area contributed by atoms with Gasteiger partial charge in [-0.3, -0.25) is 0 Å². The Balaban J connectivity index is 1.41. The van der Waals surface area contributed by atoms with Crippen molar-refractivity contribution < 1.29 is 4.39 Å². The molecule has 33 heavy (non-hydrogen) atoms. The van der Waals surface area contributed by atoms with Gasteiger partial charge in [-0.15, -0.1) is 0 Å². The third-order valence-corrected chi connectivity index (χ3v) is 6.27. The molecule has 0 saturated heterocycles. The Morgan fingerprint density at radius 3 is 1.91 bits per heavy atom. The highest BCUT2D eigenvalue weighted by atomic mass is 19.1. The normalized spacial score (nSPS) is 10.8. The number of halogens is 1. The lowest BCUT2D eigenvalue weighted by Gasteiger charge is -2.06. The first-order chi connectivity index (χ1) is 16.2. The van der Waals surface area contributed by atoms with Gasteiger partial charge < -0.3 is 0 Å². The van der Waals surface area contributed by atoms with Crippen LogP contribution >= 0.6 is 0 Å². The average Bonchev–Trinajstić information content (AvgIpc) is 2.87. The van der Waals surface area contributed by atoms with Crippen LogP contribution in [0.4, 0.5) is 4.39 Å². The van der Waals surface area contributed by atoms with E-state index in [0.717, 1.165) is 60.6 Å². The van der Waals surface area contributed by atoms with E-state index in [4.69, 9.17) is 0 Å². The van der Waals surface area contributed by atoms with Gasteiger partial charge in [0, 0.05) is 16.5 Å². The molecule has 4 rings (SSSR count). The molecule has 4 aromatic carbocycles. The lowest BCUT2D eigenvalue weighted by atomic mass is 10.0. The van der Waals surface area contributed by atoms with Crippen LogP contribution in [-0.4, -0.2) is 0 Å². The summed E-state index contributed by atoms with van der Waals surface area (Å²) in [7, 11) is 0. The molecule has 0 fully saturated rings. The van der Waals surface area contributed by atoms with E-state index < -0.39 is 0 Å². The average molecular weight is 435 g/mol. The van der Waals surface area contributed by atoms with Gasteiger partial charge in [-0.25, -0.2) is 4.39 Å². The molecule has 0 unspecified atom stereocenters. The first kappa shape index (κ1) is 22.8. The smallest absolute Gasteiger partial charge is 0.134 e. The van der Waals surface area contributed by atoms with E-state index in [9.17, 15) is 4.39 Å². The summed E-state index contributed by atoms with van der Waals surface area (Å²) in [4.78, 5) is 0. The zero-order valence-electron chi connectivity index (χ0n) is 19.6. The van der Waals surface area contributed by atoms with Gasteiger partial charge in [0.1, 0.15) is 5.82 Å². The Kier molecular flexibility index (Phi) is 7.59. The van der Waals surface area contributed by atoms with Crippen LogP contribution in [0, 0.1) is 17.7 Å². The number of fused-ring (bicyclic) bond motifs is 1. The van der Waals surface area contributed by atoms with Crippen LogP contribution in [0.2, 0.25) is 0 Å². The summed E-state index contributed by atoms with van der Waals surface area (Å²) in [5, 5.41) is 1.59. The monoisotopic (exact) mass is 434 g/mol. The standard InChI is InChI=1S/C32H31F/c1-3-5-6-29-20-21-30-23-28(19-22-31(30)32(29)33)18-17-27-15-13-26(14-16-27)12-11-25-9-7-24(4-2)8-10-25/h7-10,13-16,19-23H,3-6,11-12H2,1-2H3. The van der Waals surface area contributed by atoms with E-state index in [1.165, 1.54) is 16.7 Å². The lowest BCUT2D eigenvalue weighted by molar-refractivity contribution is 0.614. The quantitative estimate of drug-likeness (QED) is 0.258. The zero-order chi connectivity index (χ0) is 23.0. The largest absolute Gasteiger partial charge is 0.206 e. The van der Waals surface area contributed by atoms with Crippen molar-refractivity contribution in [3.63, 3.8) is 0 Å². The molecule has 0 amide bonds. The van der Waals surface area contributed by atoms with E-state index in [1.807, 2.05) is 30.3 Å². The van der Waals surface area contributed by atoms with Crippen molar-refractivity contribution in [1.82, 2.24) is 0 Å². The highest BCUT2D eigenvalue weighted by Crippen LogP contribution is 2.23. The van der Waals surface area contributed by atoms with Gasteiger partial charge in [0.15, 0.2) is 0 Å². The summed E-state index contributed by atoms with van der Waals surface area (Å²) in [6, 6.07) is 27.1. The van der Waals surface area contributed by atoms with Crippen LogP contribution in [0.5, 0.6) is 0 Å². The number of rotatable bonds is 7. The molecule has 0 aromatic heterocycles. The maximum Gasteiger partial charge on any atom is 0.134 e. The van der Waals surface area contributed by atoms with E-state index in [1.54, 1.807) is 0 Å². The number of hydrogen-bond acceptors (Lipinski definition) is 0. The molecule has 0 aliphatic carbocycles.